The minimum atomic E-state index is -1.20. The predicted octanol–water partition coefficient (Wildman–Crippen LogP) is 4.91. The Labute approximate surface area is 214 Å². The van der Waals surface area contributed by atoms with E-state index in [2.05, 4.69) is 16.0 Å². The zero-order valence-corrected chi connectivity index (χ0v) is 20.7. The van der Waals surface area contributed by atoms with Gasteiger partial charge in [-0.25, -0.2) is 0 Å². The van der Waals surface area contributed by atoms with Crippen molar-refractivity contribution in [2.24, 2.45) is 0 Å². The normalized spacial score (nSPS) is 24.9. The van der Waals surface area contributed by atoms with Gasteiger partial charge < -0.3 is 10.2 Å². The van der Waals surface area contributed by atoms with Crippen molar-refractivity contribution in [1.82, 2.24) is 20.9 Å². The van der Waals surface area contributed by atoms with Crippen LogP contribution >= 0.6 is 34.8 Å². The van der Waals surface area contributed by atoms with E-state index in [1.165, 1.54) is 0 Å². The van der Waals surface area contributed by atoms with Gasteiger partial charge in [0.1, 0.15) is 0 Å². The maximum Gasteiger partial charge on any atom is 0.262 e. The molecule has 3 N–H and O–H groups in total. The molecule has 2 saturated heterocycles. The van der Waals surface area contributed by atoms with Gasteiger partial charge in [-0.3, -0.25) is 15.4 Å². The first kappa shape index (κ1) is 23.6. The van der Waals surface area contributed by atoms with E-state index >= 15 is 0 Å². The van der Waals surface area contributed by atoms with E-state index in [-0.39, 0.29) is 18.0 Å². The Bertz CT molecular complexity index is 1110. The van der Waals surface area contributed by atoms with Crippen LogP contribution in [0.5, 0.6) is 0 Å². The monoisotopic (exact) mass is 514 g/mol. The van der Waals surface area contributed by atoms with Crippen molar-refractivity contribution in [1.29, 1.82) is 0 Å². The van der Waals surface area contributed by atoms with E-state index in [1.807, 2.05) is 77.7 Å². The molecule has 34 heavy (non-hydrogen) atoms. The van der Waals surface area contributed by atoms with Crippen molar-refractivity contribution < 1.29 is 4.79 Å². The third kappa shape index (κ3) is 4.44. The van der Waals surface area contributed by atoms with Crippen molar-refractivity contribution in [3.05, 3.63) is 105 Å². The summed E-state index contributed by atoms with van der Waals surface area (Å²) in [7, 11) is 0. The lowest BCUT2D eigenvalue weighted by atomic mass is 9.95. The van der Waals surface area contributed by atoms with Gasteiger partial charge in [0.15, 0.2) is 5.66 Å². The van der Waals surface area contributed by atoms with Crippen LogP contribution in [0.15, 0.2) is 72.8 Å². The Morgan fingerprint density at radius 1 is 0.765 bits per heavy atom. The molecule has 2 atom stereocenters. The maximum atomic E-state index is 14.2. The quantitative estimate of drug-likeness (QED) is 0.462. The first-order valence-corrected chi connectivity index (χ1v) is 12.4. The summed E-state index contributed by atoms with van der Waals surface area (Å²) in [4.78, 5) is 16.1. The second-order valence-electron chi connectivity index (χ2n) is 8.62. The molecule has 0 spiro atoms. The zero-order chi connectivity index (χ0) is 23.7. The summed E-state index contributed by atoms with van der Waals surface area (Å²) < 4.78 is 0. The van der Waals surface area contributed by atoms with Gasteiger partial charge in [-0.05, 0) is 41.5 Å². The van der Waals surface area contributed by atoms with Crippen LogP contribution in [0.3, 0.4) is 0 Å². The van der Waals surface area contributed by atoms with Gasteiger partial charge in [-0.2, -0.15) is 0 Å². The van der Waals surface area contributed by atoms with Gasteiger partial charge in [0, 0.05) is 46.8 Å². The van der Waals surface area contributed by atoms with Gasteiger partial charge in [-0.1, -0.05) is 77.3 Å². The lowest BCUT2D eigenvalue weighted by Crippen LogP contribution is -2.61. The molecule has 3 aromatic carbocycles. The number of rotatable bonds is 4. The highest BCUT2D eigenvalue weighted by molar-refractivity contribution is 6.32. The third-order valence-electron chi connectivity index (χ3n) is 6.54. The van der Waals surface area contributed by atoms with Gasteiger partial charge in [0.25, 0.3) is 5.91 Å². The number of hydrogen-bond donors (Lipinski definition) is 3. The smallest absolute Gasteiger partial charge is 0.262 e. The van der Waals surface area contributed by atoms with Crippen molar-refractivity contribution in [3.63, 3.8) is 0 Å². The molecule has 176 valence electrons. The van der Waals surface area contributed by atoms with Gasteiger partial charge in [-0.15, -0.1) is 0 Å². The topological polar surface area (TPSA) is 56.4 Å². The van der Waals surface area contributed by atoms with Crippen molar-refractivity contribution in [2.75, 3.05) is 26.2 Å². The molecule has 1 amide bonds. The number of nitrogens with zero attached hydrogens (tertiary/aromatic N) is 1. The molecule has 2 heterocycles. The van der Waals surface area contributed by atoms with Crippen LogP contribution in [0.1, 0.15) is 28.8 Å². The van der Waals surface area contributed by atoms with Crippen LogP contribution in [-0.2, 0) is 10.5 Å². The molecule has 2 unspecified atom stereocenters. The van der Waals surface area contributed by atoms with Gasteiger partial charge in [0.2, 0.25) is 0 Å². The summed E-state index contributed by atoms with van der Waals surface area (Å²) in [5, 5.41) is 12.5. The average molecular weight is 516 g/mol. The van der Waals surface area contributed by atoms with E-state index < -0.39 is 5.66 Å². The number of amides is 1. The Morgan fingerprint density at radius 2 is 1.26 bits per heavy atom. The van der Waals surface area contributed by atoms with Crippen LogP contribution in [0.4, 0.5) is 0 Å². The molecular formula is C26H25Cl3N4O. The molecule has 5 rings (SSSR count). The van der Waals surface area contributed by atoms with Gasteiger partial charge in [0.05, 0.1) is 12.1 Å². The molecule has 2 fully saturated rings. The first-order chi connectivity index (χ1) is 16.5. The lowest BCUT2D eigenvalue weighted by molar-refractivity contribution is -0.140. The molecule has 2 aliphatic rings. The third-order valence-corrected chi connectivity index (χ3v) is 7.37. The van der Waals surface area contributed by atoms with Crippen LogP contribution < -0.4 is 16.0 Å². The lowest BCUT2D eigenvalue weighted by Gasteiger charge is -2.38. The van der Waals surface area contributed by atoms with Gasteiger partial charge >= 0.3 is 0 Å². The molecule has 2 aliphatic heterocycles. The molecule has 0 radical (unpaired) electrons. The van der Waals surface area contributed by atoms with E-state index in [0.29, 0.717) is 33.7 Å². The predicted molar refractivity (Wildman–Crippen MR) is 137 cm³/mol. The highest BCUT2D eigenvalue weighted by Gasteiger charge is 2.53. The molecule has 0 saturated carbocycles. The highest BCUT2D eigenvalue weighted by atomic mass is 35.5. The second kappa shape index (κ2) is 9.86. The molecule has 3 aromatic rings. The van der Waals surface area contributed by atoms with Crippen LogP contribution in [0.2, 0.25) is 15.1 Å². The molecule has 5 nitrogen and oxygen atoms in total. The number of nitrogens with one attached hydrogen (secondary N) is 3. The van der Waals surface area contributed by atoms with Crippen molar-refractivity contribution >= 4 is 40.7 Å². The molecular weight excluding hydrogens is 491 g/mol. The maximum absolute atomic E-state index is 14.2. The average Bonchev–Trinajstić information content (AvgIpc) is 3.27. The Balaban J connectivity index is 1.64. The van der Waals surface area contributed by atoms with Crippen LogP contribution in [0, 0.1) is 0 Å². The summed E-state index contributed by atoms with van der Waals surface area (Å²) in [5.74, 6) is -0.0440. The SMILES string of the molecule is O=C(N1CCNCC1)C1(c2ccccc2Cl)NC(c2ccc(Cl)cc2)C(c2ccc(Cl)cc2)N1. The first-order valence-electron chi connectivity index (χ1n) is 11.3. The summed E-state index contributed by atoms with van der Waals surface area (Å²) in [5.41, 5.74) is 1.53. The van der Waals surface area contributed by atoms with E-state index in [9.17, 15) is 4.79 Å². The molecule has 0 aliphatic carbocycles. The summed E-state index contributed by atoms with van der Waals surface area (Å²) in [6.07, 6.45) is 0. The number of benzene rings is 3. The van der Waals surface area contributed by atoms with E-state index in [0.717, 1.165) is 24.2 Å². The fraction of sp³-hybridized carbons (Fsp3) is 0.269. The number of hydrogen-bond acceptors (Lipinski definition) is 4. The largest absolute Gasteiger partial charge is 0.337 e. The number of carbonyl (C=O) groups excluding carboxylic acids is 1. The van der Waals surface area contributed by atoms with E-state index in [1.54, 1.807) is 0 Å². The Kier molecular flexibility index (Phi) is 6.85. The van der Waals surface area contributed by atoms with Crippen molar-refractivity contribution in [3.8, 4) is 0 Å². The number of carbonyl (C=O) groups is 1. The minimum Gasteiger partial charge on any atom is -0.337 e. The zero-order valence-electron chi connectivity index (χ0n) is 18.4. The standard InChI is InChI=1S/C26H25Cl3N4O/c27-19-9-5-17(6-10-19)23-24(18-7-11-20(28)12-8-18)32-26(31-23,21-3-1-2-4-22(21)29)25(34)33-15-13-30-14-16-33/h1-12,23-24,30-32H,13-16H2. The van der Waals surface area contributed by atoms with E-state index in [4.69, 9.17) is 34.8 Å². The Hall–Kier alpha value is -2.12. The van der Waals surface area contributed by atoms with Crippen molar-refractivity contribution in [2.45, 2.75) is 17.7 Å². The summed E-state index contributed by atoms with van der Waals surface area (Å²) in [6, 6.07) is 22.5. The molecule has 8 heteroatoms. The fourth-order valence-electron chi connectivity index (χ4n) is 4.83. The summed E-state index contributed by atoms with van der Waals surface area (Å²) >= 11 is 19.1. The van der Waals surface area contributed by atoms with Crippen LogP contribution in [-0.4, -0.2) is 37.0 Å². The van der Waals surface area contributed by atoms with Crippen LogP contribution in [0.25, 0.3) is 0 Å². The molecule has 0 bridgehead atoms. The number of halogens is 3. The highest BCUT2D eigenvalue weighted by Crippen LogP contribution is 2.43. The Morgan fingerprint density at radius 3 is 1.76 bits per heavy atom. The minimum absolute atomic E-state index is 0.0440. The summed E-state index contributed by atoms with van der Waals surface area (Å²) in [6.45, 7) is 2.77. The molecule has 0 aromatic heterocycles. The fourth-order valence-corrected chi connectivity index (χ4v) is 5.36. The second-order valence-corrected chi connectivity index (χ2v) is 9.90. The number of piperazine rings is 1.